The highest BCUT2D eigenvalue weighted by molar-refractivity contribution is 5.94. The zero-order valence-corrected chi connectivity index (χ0v) is 14.7. The quantitative estimate of drug-likeness (QED) is 0.835. The molecular weight excluding hydrogens is 304 g/mol. The number of carbonyl (C=O) groups is 2. The van der Waals surface area contributed by atoms with Gasteiger partial charge in [-0.2, -0.15) is 0 Å². The lowest BCUT2D eigenvalue weighted by atomic mass is 10.1. The average Bonchev–Trinajstić information content (AvgIpc) is 2.61. The fraction of sp³-hybridized carbons (Fsp3) is 0.579. The number of rotatable bonds is 7. The van der Waals surface area contributed by atoms with Crippen LogP contribution in [0.2, 0.25) is 0 Å². The van der Waals surface area contributed by atoms with Gasteiger partial charge in [0.1, 0.15) is 0 Å². The van der Waals surface area contributed by atoms with Crippen LogP contribution in [0.3, 0.4) is 0 Å². The van der Waals surface area contributed by atoms with Crippen LogP contribution in [0.15, 0.2) is 24.3 Å². The van der Waals surface area contributed by atoms with E-state index in [0.29, 0.717) is 25.1 Å². The molecular formula is C19H28N2O3. The van der Waals surface area contributed by atoms with Gasteiger partial charge in [-0.15, -0.1) is 0 Å². The molecule has 0 saturated carbocycles. The van der Waals surface area contributed by atoms with Gasteiger partial charge in [0.25, 0.3) is 5.91 Å². The Hall–Kier alpha value is -1.88. The van der Waals surface area contributed by atoms with Gasteiger partial charge in [0.15, 0.2) is 0 Å². The molecule has 1 aromatic rings. The number of ether oxygens (including phenoxy) is 1. The van der Waals surface area contributed by atoms with E-state index in [1.165, 1.54) is 6.42 Å². The minimum absolute atomic E-state index is 0.0509. The van der Waals surface area contributed by atoms with Gasteiger partial charge in [-0.1, -0.05) is 17.7 Å². The van der Waals surface area contributed by atoms with Crippen molar-refractivity contribution < 1.29 is 14.3 Å². The van der Waals surface area contributed by atoms with Gasteiger partial charge >= 0.3 is 0 Å². The molecule has 0 bridgehead atoms. The number of nitrogens with one attached hydrogen (secondary N) is 1. The molecule has 1 saturated heterocycles. The van der Waals surface area contributed by atoms with Crippen LogP contribution in [-0.2, 0) is 9.53 Å². The van der Waals surface area contributed by atoms with Crippen molar-refractivity contribution in [3.8, 4) is 0 Å². The summed E-state index contributed by atoms with van der Waals surface area (Å²) in [6.45, 7) is 3.88. The summed E-state index contributed by atoms with van der Waals surface area (Å²) >= 11 is 0. The molecule has 0 spiro atoms. The van der Waals surface area contributed by atoms with E-state index in [-0.39, 0.29) is 17.9 Å². The number of hydrogen-bond donors (Lipinski definition) is 1. The Morgan fingerprint density at radius 2 is 2.00 bits per heavy atom. The molecule has 1 aliphatic heterocycles. The maximum atomic E-state index is 12.1. The Balaban J connectivity index is 1.64. The molecule has 1 aromatic carbocycles. The summed E-state index contributed by atoms with van der Waals surface area (Å²) in [4.78, 5) is 25.8. The van der Waals surface area contributed by atoms with Crippen molar-refractivity contribution in [2.75, 3.05) is 26.7 Å². The molecule has 1 heterocycles. The van der Waals surface area contributed by atoms with Crippen molar-refractivity contribution >= 4 is 11.8 Å². The first-order valence-electron chi connectivity index (χ1n) is 8.76. The van der Waals surface area contributed by atoms with Crippen LogP contribution in [0, 0.1) is 6.92 Å². The maximum absolute atomic E-state index is 12.1. The van der Waals surface area contributed by atoms with Crippen molar-refractivity contribution in [1.82, 2.24) is 10.2 Å². The first-order chi connectivity index (χ1) is 11.6. The fourth-order valence-corrected chi connectivity index (χ4v) is 2.78. The second kappa shape index (κ2) is 9.42. The van der Waals surface area contributed by atoms with E-state index in [1.807, 2.05) is 26.1 Å². The third-order valence-electron chi connectivity index (χ3n) is 4.42. The van der Waals surface area contributed by atoms with Gasteiger partial charge in [0.05, 0.1) is 6.10 Å². The third-order valence-corrected chi connectivity index (χ3v) is 4.42. The Labute approximate surface area is 144 Å². The van der Waals surface area contributed by atoms with E-state index in [0.717, 1.165) is 31.4 Å². The molecule has 0 radical (unpaired) electrons. The number of benzene rings is 1. The SMILES string of the molecule is Cc1ccc(C(=O)NCCC(=O)N(C)CC[C@H]2CCCCO2)cc1. The second-order valence-corrected chi connectivity index (χ2v) is 6.46. The van der Waals surface area contributed by atoms with E-state index >= 15 is 0 Å². The maximum Gasteiger partial charge on any atom is 0.251 e. The predicted octanol–water partition coefficient (Wildman–Crippen LogP) is 2.53. The first kappa shape index (κ1) is 18.5. The lowest BCUT2D eigenvalue weighted by Crippen LogP contribution is -2.34. The van der Waals surface area contributed by atoms with Gasteiger partial charge < -0.3 is 15.0 Å². The topological polar surface area (TPSA) is 58.6 Å². The highest BCUT2D eigenvalue weighted by Crippen LogP contribution is 2.15. The number of carbonyl (C=O) groups excluding carboxylic acids is 2. The molecule has 5 nitrogen and oxygen atoms in total. The molecule has 0 unspecified atom stereocenters. The Morgan fingerprint density at radius 1 is 1.25 bits per heavy atom. The molecule has 2 amide bonds. The molecule has 5 heteroatoms. The monoisotopic (exact) mass is 332 g/mol. The first-order valence-corrected chi connectivity index (χ1v) is 8.76. The standard InChI is InChI=1S/C19H28N2O3/c1-15-6-8-16(9-7-15)19(23)20-12-10-18(22)21(2)13-11-17-5-3-4-14-24-17/h6-9,17H,3-5,10-14H2,1-2H3,(H,20,23)/t17-/m1/s1. The Bertz CT molecular complexity index is 536. The highest BCUT2D eigenvalue weighted by Gasteiger charge is 2.16. The minimum atomic E-state index is -0.138. The summed E-state index contributed by atoms with van der Waals surface area (Å²) in [5.74, 6) is -0.0870. The highest BCUT2D eigenvalue weighted by atomic mass is 16.5. The van der Waals surface area contributed by atoms with Gasteiger partial charge in [-0.25, -0.2) is 0 Å². The van der Waals surface area contributed by atoms with Crippen molar-refractivity contribution in [1.29, 1.82) is 0 Å². The van der Waals surface area contributed by atoms with E-state index in [2.05, 4.69) is 5.32 Å². The third kappa shape index (κ3) is 5.96. The van der Waals surface area contributed by atoms with Crippen LogP contribution < -0.4 is 5.32 Å². The van der Waals surface area contributed by atoms with Crippen LogP contribution in [0.25, 0.3) is 0 Å². The number of aryl methyl sites for hydroxylation is 1. The normalized spacial score (nSPS) is 17.3. The van der Waals surface area contributed by atoms with Crippen molar-refractivity contribution in [3.05, 3.63) is 35.4 Å². The zero-order valence-electron chi connectivity index (χ0n) is 14.7. The van der Waals surface area contributed by atoms with Crippen molar-refractivity contribution in [2.24, 2.45) is 0 Å². The molecule has 1 atom stereocenters. The molecule has 0 aromatic heterocycles. The molecule has 132 valence electrons. The number of amides is 2. The number of nitrogens with zero attached hydrogens (tertiary/aromatic N) is 1. The van der Waals surface area contributed by atoms with E-state index in [1.54, 1.807) is 17.0 Å². The largest absolute Gasteiger partial charge is 0.378 e. The van der Waals surface area contributed by atoms with Crippen LogP contribution in [0.1, 0.15) is 48.0 Å². The summed E-state index contributed by atoms with van der Waals surface area (Å²) in [6.07, 6.45) is 4.95. The van der Waals surface area contributed by atoms with Gasteiger partial charge in [-0.3, -0.25) is 9.59 Å². The summed E-state index contributed by atoms with van der Waals surface area (Å²) in [7, 11) is 1.81. The summed E-state index contributed by atoms with van der Waals surface area (Å²) in [5.41, 5.74) is 1.74. The zero-order chi connectivity index (χ0) is 17.4. The molecule has 1 aliphatic rings. The summed E-state index contributed by atoms with van der Waals surface area (Å²) < 4.78 is 5.68. The summed E-state index contributed by atoms with van der Waals surface area (Å²) in [5, 5.41) is 2.80. The Kier molecular flexibility index (Phi) is 7.25. The lowest BCUT2D eigenvalue weighted by molar-refractivity contribution is -0.130. The molecule has 1 N–H and O–H groups in total. The van der Waals surface area contributed by atoms with E-state index < -0.39 is 0 Å². The van der Waals surface area contributed by atoms with Gasteiger partial charge in [0.2, 0.25) is 5.91 Å². The molecule has 1 fully saturated rings. The smallest absolute Gasteiger partial charge is 0.251 e. The van der Waals surface area contributed by atoms with Crippen LogP contribution in [0.4, 0.5) is 0 Å². The van der Waals surface area contributed by atoms with Crippen LogP contribution in [-0.4, -0.2) is 49.6 Å². The van der Waals surface area contributed by atoms with Gasteiger partial charge in [0, 0.05) is 38.7 Å². The minimum Gasteiger partial charge on any atom is -0.378 e. The molecule has 0 aliphatic carbocycles. The second-order valence-electron chi connectivity index (χ2n) is 6.46. The lowest BCUT2D eigenvalue weighted by Gasteiger charge is -2.25. The number of hydrogen-bond acceptors (Lipinski definition) is 3. The van der Waals surface area contributed by atoms with Crippen LogP contribution >= 0.6 is 0 Å². The molecule has 24 heavy (non-hydrogen) atoms. The fourth-order valence-electron chi connectivity index (χ4n) is 2.78. The average molecular weight is 332 g/mol. The van der Waals surface area contributed by atoms with E-state index in [9.17, 15) is 9.59 Å². The van der Waals surface area contributed by atoms with Crippen molar-refractivity contribution in [3.63, 3.8) is 0 Å². The van der Waals surface area contributed by atoms with Crippen LogP contribution in [0.5, 0.6) is 0 Å². The van der Waals surface area contributed by atoms with Crippen molar-refractivity contribution in [2.45, 2.75) is 45.1 Å². The predicted molar refractivity (Wildman–Crippen MR) is 94.0 cm³/mol. The summed E-state index contributed by atoms with van der Waals surface area (Å²) in [6, 6.07) is 7.40. The van der Waals surface area contributed by atoms with Gasteiger partial charge in [-0.05, 0) is 44.7 Å². The molecule has 2 rings (SSSR count). The Morgan fingerprint density at radius 3 is 2.67 bits per heavy atom. The van der Waals surface area contributed by atoms with E-state index in [4.69, 9.17) is 4.74 Å².